The Morgan fingerprint density at radius 2 is 2.29 bits per heavy atom. The van der Waals surface area contributed by atoms with E-state index >= 15 is 0 Å². The van der Waals surface area contributed by atoms with Gasteiger partial charge in [0, 0.05) is 5.66 Å². The Labute approximate surface area is 47.5 Å². The van der Waals surface area contributed by atoms with Gasteiger partial charge in [-0.1, -0.05) is 13.8 Å². The maximum absolute atomic E-state index is 2.28. The van der Waals surface area contributed by atoms with Crippen LogP contribution >= 0.6 is 8.58 Å². The summed E-state index contributed by atoms with van der Waals surface area (Å²) in [4.78, 5) is 0. The van der Waals surface area contributed by atoms with Crippen molar-refractivity contribution in [3.05, 3.63) is 5.66 Å². The molecule has 1 aliphatic heterocycles. The summed E-state index contributed by atoms with van der Waals surface area (Å²) in [7, 11) is 1.23. The molecule has 2 unspecified atom stereocenters. The molecule has 1 rings (SSSR count). The summed E-state index contributed by atoms with van der Waals surface area (Å²) in [5, 5.41) is 0. The zero-order valence-corrected chi connectivity index (χ0v) is 5.99. The van der Waals surface area contributed by atoms with Crippen LogP contribution in [0, 0.1) is 5.66 Å². The number of hydrogen-bond donors (Lipinski definition) is 0. The first-order valence-corrected chi connectivity index (χ1v) is 4.08. The Balaban J connectivity index is 2.06. The van der Waals surface area contributed by atoms with Crippen molar-refractivity contribution in [2.24, 2.45) is 0 Å². The van der Waals surface area contributed by atoms with Crippen LogP contribution in [-0.2, 0) is 0 Å². The maximum atomic E-state index is 2.28. The number of rotatable bonds is 2. The second-order valence-corrected chi connectivity index (χ2v) is 3.61. The van der Waals surface area contributed by atoms with Crippen LogP contribution in [0.25, 0.3) is 0 Å². The van der Waals surface area contributed by atoms with Gasteiger partial charge < -0.3 is 0 Å². The molecule has 0 N–H and O–H groups in total. The minimum atomic E-state index is 1.06. The Morgan fingerprint density at radius 1 is 1.57 bits per heavy atom. The SMILES string of the molecule is CC[C]1PC1CC. The highest BCUT2D eigenvalue weighted by Crippen LogP contribution is 2.59. The van der Waals surface area contributed by atoms with E-state index in [1.54, 1.807) is 0 Å². The van der Waals surface area contributed by atoms with Gasteiger partial charge in [0.25, 0.3) is 0 Å². The summed E-state index contributed by atoms with van der Waals surface area (Å²) in [6.07, 6.45) is 2.73. The van der Waals surface area contributed by atoms with Gasteiger partial charge in [-0.2, -0.15) is 0 Å². The minimum Gasteiger partial charge on any atom is -0.110 e. The van der Waals surface area contributed by atoms with Crippen LogP contribution in [0.3, 0.4) is 0 Å². The molecule has 0 spiro atoms. The van der Waals surface area contributed by atoms with E-state index in [4.69, 9.17) is 0 Å². The highest BCUT2D eigenvalue weighted by Gasteiger charge is 2.33. The molecule has 1 aliphatic rings. The molecule has 7 heavy (non-hydrogen) atoms. The van der Waals surface area contributed by atoms with Gasteiger partial charge >= 0.3 is 0 Å². The minimum absolute atomic E-state index is 1.06. The first-order chi connectivity index (χ1) is 3.38. The molecule has 0 aromatic carbocycles. The highest BCUT2D eigenvalue weighted by molar-refractivity contribution is 7.52. The van der Waals surface area contributed by atoms with Crippen LogP contribution in [0.1, 0.15) is 26.7 Å². The summed E-state index contributed by atoms with van der Waals surface area (Å²) in [6.45, 7) is 4.54. The first-order valence-electron chi connectivity index (χ1n) is 3.00. The molecule has 1 heterocycles. The Kier molecular flexibility index (Phi) is 1.69. The zero-order valence-electron chi connectivity index (χ0n) is 4.99. The van der Waals surface area contributed by atoms with Gasteiger partial charge in [-0.3, -0.25) is 0 Å². The van der Waals surface area contributed by atoms with E-state index in [1.807, 2.05) is 5.66 Å². The third-order valence-corrected chi connectivity index (χ3v) is 3.35. The van der Waals surface area contributed by atoms with Crippen LogP contribution < -0.4 is 0 Å². The summed E-state index contributed by atoms with van der Waals surface area (Å²) in [5.74, 6) is 0. The normalized spacial score (nSPS) is 34.3. The van der Waals surface area contributed by atoms with Crippen molar-refractivity contribution in [2.45, 2.75) is 32.3 Å². The van der Waals surface area contributed by atoms with E-state index in [9.17, 15) is 0 Å². The third-order valence-electron chi connectivity index (χ3n) is 1.49. The predicted molar refractivity (Wildman–Crippen MR) is 35.9 cm³/mol. The fourth-order valence-corrected chi connectivity index (χ4v) is 2.06. The largest absolute Gasteiger partial charge is 0.110 e. The fraction of sp³-hybridized carbons (Fsp3) is 0.833. The molecule has 1 fully saturated rings. The van der Waals surface area contributed by atoms with Crippen molar-refractivity contribution in [2.75, 3.05) is 0 Å². The van der Waals surface area contributed by atoms with Crippen LogP contribution in [0.15, 0.2) is 0 Å². The van der Waals surface area contributed by atoms with Crippen molar-refractivity contribution < 1.29 is 0 Å². The molecule has 0 bridgehead atoms. The van der Waals surface area contributed by atoms with Crippen molar-refractivity contribution in [3.63, 3.8) is 0 Å². The first kappa shape index (κ1) is 5.56. The van der Waals surface area contributed by atoms with Gasteiger partial charge in [0.1, 0.15) is 0 Å². The lowest BCUT2D eigenvalue weighted by molar-refractivity contribution is 0.912. The molecule has 0 nitrogen and oxygen atoms in total. The van der Waals surface area contributed by atoms with Gasteiger partial charge in [0.15, 0.2) is 0 Å². The molecule has 0 aromatic rings. The average Bonchev–Trinajstić information content (AvgIpc) is 2.43. The molecular weight excluding hydrogens is 103 g/mol. The van der Waals surface area contributed by atoms with Gasteiger partial charge in [0.2, 0.25) is 0 Å². The lowest BCUT2D eigenvalue weighted by Crippen LogP contribution is -1.79. The highest BCUT2D eigenvalue weighted by atomic mass is 31.1. The van der Waals surface area contributed by atoms with E-state index < -0.39 is 0 Å². The van der Waals surface area contributed by atoms with Gasteiger partial charge in [-0.15, -0.1) is 8.58 Å². The smallest absolute Gasteiger partial charge is 0.00423 e. The van der Waals surface area contributed by atoms with Crippen molar-refractivity contribution in [1.29, 1.82) is 0 Å². The van der Waals surface area contributed by atoms with Crippen LogP contribution in [0.2, 0.25) is 0 Å². The summed E-state index contributed by atoms with van der Waals surface area (Å²) >= 11 is 0. The standard InChI is InChI=1S/C6H12P/c1-3-5-6(4-2)7-5/h5,7H,3-4H2,1-2H3. The molecule has 0 aromatic heterocycles. The summed E-state index contributed by atoms with van der Waals surface area (Å²) in [6, 6.07) is 0. The molecule has 0 saturated carbocycles. The van der Waals surface area contributed by atoms with E-state index in [0.29, 0.717) is 0 Å². The lowest BCUT2D eigenvalue weighted by Gasteiger charge is -1.83. The Morgan fingerprint density at radius 3 is 2.43 bits per heavy atom. The molecule has 1 radical (unpaired) electrons. The number of hydrogen-bond acceptors (Lipinski definition) is 0. The quantitative estimate of drug-likeness (QED) is 0.485. The monoisotopic (exact) mass is 115 g/mol. The second kappa shape index (κ2) is 2.13. The van der Waals surface area contributed by atoms with Gasteiger partial charge in [-0.25, -0.2) is 0 Å². The van der Waals surface area contributed by atoms with Crippen molar-refractivity contribution in [3.8, 4) is 0 Å². The van der Waals surface area contributed by atoms with Gasteiger partial charge in [-0.05, 0) is 18.5 Å². The summed E-state index contributed by atoms with van der Waals surface area (Å²) in [5.41, 5.74) is 2.88. The predicted octanol–water partition coefficient (Wildman–Crippen LogP) is 2.40. The van der Waals surface area contributed by atoms with E-state index in [-0.39, 0.29) is 0 Å². The fourth-order valence-electron chi connectivity index (χ4n) is 0.879. The van der Waals surface area contributed by atoms with Crippen molar-refractivity contribution in [1.82, 2.24) is 0 Å². The van der Waals surface area contributed by atoms with Crippen LogP contribution in [-0.4, -0.2) is 5.66 Å². The van der Waals surface area contributed by atoms with Gasteiger partial charge in [0.05, 0.1) is 0 Å². The van der Waals surface area contributed by atoms with E-state index in [2.05, 4.69) is 13.8 Å². The van der Waals surface area contributed by atoms with E-state index in [0.717, 1.165) is 5.66 Å². The third kappa shape index (κ3) is 1.16. The Hall–Kier alpha value is 0.430. The van der Waals surface area contributed by atoms with E-state index in [1.165, 1.54) is 21.4 Å². The second-order valence-electron chi connectivity index (χ2n) is 1.98. The molecule has 1 heteroatoms. The lowest BCUT2D eigenvalue weighted by atomic mass is 10.2. The Bertz CT molecular complexity index is 53.2. The average molecular weight is 115 g/mol. The zero-order chi connectivity index (χ0) is 5.28. The topological polar surface area (TPSA) is 0 Å². The molecule has 1 saturated heterocycles. The molecule has 2 atom stereocenters. The molecule has 0 amide bonds. The van der Waals surface area contributed by atoms with Crippen molar-refractivity contribution >= 4 is 8.58 Å². The molecule has 0 aliphatic carbocycles. The van der Waals surface area contributed by atoms with Crippen LogP contribution in [0.5, 0.6) is 0 Å². The van der Waals surface area contributed by atoms with Crippen LogP contribution in [0.4, 0.5) is 0 Å². The maximum Gasteiger partial charge on any atom is 0.00423 e. The molecule has 41 valence electrons. The molecular formula is C6H12P. The summed E-state index contributed by atoms with van der Waals surface area (Å²) < 4.78 is 0.